The van der Waals surface area contributed by atoms with Crippen LogP contribution in [0.3, 0.4) is 0 Å². The van der Waals surface area contributed by atoms with E-state index < -0.39 is 11.7 Å². The molecule has 2 aliphatic heterocycles. The van der Waals surface area contributed by atoms with Crippen molar-refractivity contribution >= 4 is 11.6 Å². The van der Waals surface area contributed by atoms with Crippen molar-refractivity contribution in [1.29, 1.82) is 0 Å². The first kappa shape index (κ1) is 23.4. The Hall–Kier alpha value is -1.76. The zero-order chi connectivity index (χ0) is 22.6. The average Bonchev–Trinajstić information content (AvgIpc) is 2.79. The lowest BCUT2D eigenvalue weighted by atomic mass is 9.73. The lowest BCUT2D eigenvalue weighted by Gasteiger charge is -2.44. The van der Waals surface area contributed by atoms with Crippen molar-refractivity contribution in [3.05, 3.63) is 64.7 Å². The van der Waals surface area contributed by atoms with Crippen molar-refractivity contribution in [2.45, 2.75) is 37.3 Å². The number of benzene rings is 2. The van der Waals surface area contributed by atoms with Gasteiger partial charge in [0.1, 0.15) is 5.75 Å². The first-order valence-corrected chi connectivity index (χ1v) is 11.6. The molecule has 0 bridgehead atoms. The van der Waals surface area contributed by atoms with E-state index in [-0.39, 0.29) is 5.41 Å². The highest BCUT2D eigenvalue weighted by Crippen LogP contribution is 2.37. The summed E-state index contributed by atoms with van der Waals surface area (Å²) < 4.78 is 49.7. The van der Waals surface area contributed by atoms with Crippen molar-refractivity contribution in [3.63, 3.8) is 0 Å². The van der Waals surface area contributed by atoms with E-state index in [1.807, 2.05) is 12.1 Å². The SMILES string of the molecule is FC(F)(F)c1ccc(OCC2CCCN(CC3(c4ccc(Cl)cc4)CCOCC3)C2)cc1. The smallest absolute Gasteiger partial charge is 0.416 e. The third-order valence-corrected chi connectivity index (χ3v) is 6.96. The summed E-state index contributed by atoms with van der Waals surface area (Å²) in [5.74, 6) is 0.838. The van der Waals surface area contributed by atoms with E-state index in [1.165, 1.54) is 17.7 Å². The molecule has 2 heterocycles. The minimum absolute atomic E-state index is 0.0546. The molecule has 0 amide bonds. The van der Waals surface area contributed by atoms with Gasteiger partial charge in [0.25, 0.3) is 0 Å². The fraction of sp³-hybridized carbons (Fsp3) is 0.520. The molecule has 174 valence electrons. The van der Waals surface area contributed by atoms with Crippen LogP contribution >= 0.6 is 11.6 Å². The molecule has 2 aromatic carbocycles. The number of nitrogens with zero attached hydrogens (tertiary/aromatic N) is 1. The van der Waals surface area contributed by atoms with Gasteiger partial charge in [0.2, 0.25) is 0 Å². The first-order chi connectivity index (χ1) is 15.3. The van der Waals surface area contributed by atoms with Gasteiger partial charge in [-0.15, -0.1) is 0 Å². The van der Waals surface area contributed by atoms with Crippen LogP contribution in [-0.2, 0) is 16.3 Å². The van der Waals surface area contributed by atoms with E-state index in [4.69, 9.17) is 21.1 Å². The summed E-state index contributed by atoms with van der Waals surface area (Å²) in [6, 6.07) is 13.2. The lowest BCUT2D eigenvalue weighted by molar-refractivity contribution is -0.137. The van der Waals surface area contributed by atoms with E-state index in [0.717, 1.165) is 75.7 Å². The van der Waals surface area contributed by atoms with Gasteiger partial charge in [-0.1, -0.05) is 23.7 Å². The fourth-order valence-electron chi connectivity index (χ4n) is 4.92. The van der Waals surface area contributed by atoms with Gasteiger partial charge in [0.15, 0.2) is 0 Å². The summed E-state index contributed by atoms with van der Waals surface area (Å²) in [4.78, 5) is 2.52. The Morgan fingerprint density at radius 3 is 2.38 bits per heavy atom. The molecule has 0 radical (unpaired) electrons. The Balaban J connectivity index is 1.37. The van der Waals surface area contributed by atoms with Crippen molar-refractivity contribution in [1.82, 2.24) is 4.90 Å². The Morgan fingerprint density at radius 1 is 1.03 bits per heavy atom. The average molecular weight is 468 g/mol. The van der Waals surface area contributed by atoms with Gasteiger partial charge in [-0.2, -0.15) is 13.2 Å². The van der Waals surface area contributed by atoms with Crippen LogP contribution in [0.2, 0.25) is 5.02 Å². The number of hydrogen-bond acceptors (Lipinski definition) is 3. The number of hydrogen-bond donors (Lipinski definition) is 0. The maximum atomic E-state index is 12.7. The minimum atomic E-state index is -4.33. The van der Waals surface area contributed by atoms with E-state index in [9.17, 15) is 13.2 Å². The molecule has 2 fully saturated rings. The maximum absolute atomic E-state index is 12.7. The molecule has 2 aliphatic rings. The third kappa shape index (κ3) is 5.77. The minimum Gasteiger partial charge on any atom is -0.493 e. The second-order valence-corrected chi connectivity index (χ2v) is 9.41. The zero-order valence-electron chi connectivity index (χ0n) is 18.0. The predicted octanol–water partition coefficient (Wildman–Crippen LogP) is 6.20. The molecule has 0 aromatic heterocycles. The Kier molecular flexibility index (Phi) is 7.33. The molecule has 1 atom stereocenters. The largest absolute Gasteiger partial charge is 0.493 e. The standard InChI is InChI=1S/C25H29ClF3NO2/c26-22-7-3-20(4-8-22)24(11-14-31-15-12-24)18-30-13-1-2-19(16-30)17-32-23-9-5-21(6-10-23)25(27,28)29/h3-10,19H,1-2,11-18H2. The van der Waals surface area contributed by atoms with Crippen molar-refractivity contribution in [3.8, 4) is 5.75 Å². The van der Waals surface area contributed by atoms with Crippen LogP contribution in [0.25, 0.3) is 0 Å². The molecule has 3 nitrogen and oxygen atoms in total. The summed E-state index contributed by atoms with van der Waals surface area (Å²) >= 11 is 6.12. The Labute approximate surface area is 192 Å². The second kappa shape index (κ2) is 10.0. The number of rotatable bonds is 6. The third-order valence-electron chi connectivity index (χ3n) is 6.70. The molecule has 7 heteroatoms. The van der Waals surface area contributed by atoms with Gasteiger partial charge in [-0.3, -0.25) is 0 Å². The Bertz CT molecular complexity index is 864. The van der Waals surface area contributed by atoms with Crippen molar-refractivity contribution < 1.29 is 22.6 Å². The van der Waals surface area contributed by atoms with Crippen molar-refractivity contribution in [2.75, 3.05) is 39.5 Å². The molecule has 0 aliphatic carbocycles. The lowest BCUT2D eigenvalue weighted by Crippen LogP contribution is -2.48. The molecule has 0 spiro atoms. The van der Waals surface area contributed by atoms with Gasteiger partial charge < -0.3 is 14.4 Å². The van der Waals surface area contributed by atoms with Crippen LogP contribution < -0.4 is 4.74 Å². The maximum Gasteiger partial charge on any atom is 0.416 e. The molecule has 0 N–H and O–H groups in total. The molecule has 32 heavy (non-hydrogen) atoms. The molecule has 1 unspecified atom stereocenters. The highest BCUT2D eigenvalue weighted by atomic mass is 35.5. The monoisotopic (exact) mass is 467 g/mol. The number of alkyl halides is 3. The number of likely N-dealkylation sites (tertiary alicyclic amines) is 1. The van der Waals surface area contributed by atoms with Gasteiger partial charge in [-0.25, -0.2) is 0 Å². The summed E-state index contributed by atoms with van der Waals surface area (Å²) in [5.41, 5.74) is 0.713. The summed E-state index contributed by atoms with van der Waals surface area (Å²) in [6.45, 7) is 4.98. The van der Waals surface area contributed by atoms with Crippen LogP contribution in [0.4, 0.5) is 13.2 Å². The number of ether oxygens (including phenoxy) is 2. The second-order valence-electron chi connectivity index (χ2n) is 8.98. The van der Waals surface area contributed by atoms with Crippen LogP contribution in [0.5, 0.6) is 5.75 Å². The molecule has 4 rings (SSSR count). The van der Waals surface area contributed by atoms with Gasteiger partial charge in [0.05, 0.1) is 12.2 Å². The quantitative estimate of drug-likeness (QED) is 0.505. The normalized spacial score (nSPS) is 21.9. The van der Waals surface area contributed by atoms with E-state index in [0.29, 0.717) is 18.3 Å². The van der Waals surface area contributed by atoms with Gasteiger partial charge in [0, 0.05) is 42.7 Å². The van der Waals surface area contributed by atoms with E-state index >= 15 is 0 Å². The van der Waals surface area contributed by atoms with E-state index in [1.54, 1.807) is 0 Å². The summed E-state index contributed by atoms with van der Waals surface area (Å²) in [7, 11) is 0. The Morgan fingerprint density at radius 2 is 1.72 bits per heavy atom. The van der Waals surface area contributed by atoms with Gasteiger partial charge in [-0.05, 0) is 74.2 Å². The molecule has 0 saturated carbocycles. The van der Waals surface area contributed by atoms with Crippen LogP contribution in [0.1, 0.15) is 36.8 Å². The summed E-state index contributed by atoms with van der Waals surface area (Å²) in [6.07, 6.45) is -0.204. The number of piperidine rings is 1. The van der Waals surface area contributed by atoms with Crippen molar-refractivity contribution in [2.24, 2.45) is 5.92 Å². The highest BCUT2D eigenvalue weighted by Gasteiger charge is 2.37. The van der Waals surface area contributed by atoms with Crippen LogP contribution in [-0.4, -0.2) is 44.4 Å². The van der Waals surface area contributed by atoms with Gasteiger partial charge >= 0.3 is 6.18 Å². The fourth-order valence-corrected chi connectivity index (χ4v) is 5.04. The molecular formula is C25H29ClF3NO2. The number of halogens is 4. The topological polar surface area (TPSA) is 21.7 Å². The van der Waals surface area contributed by atoms with Crippen LogP contribution in [0.15, 0.2) is 48.5 Å². The predicted molar refractivity (Wildman–Crippen MR) is 119 cm³/mol. The zero-order valence-corrected chi connectivity index (χ0v) is 18.8. The highest BCUT2D eigenvalue weighted by molar-refractivity contribution is 6.30. The molecular weight excluding hydrogens is 439 g/mol. The summed E-state index contributed by atoms with van der Waals surface area (Å²) in [5, 5.41) is 0.745. The molecule has 2 saturated heterocycles. The first-order valence-electron chi connectivity index (χ1n) is 11.2. The molecule has 2 aromatic rings. The van der Waals surface area contributed by atoms with E-state index in [2.05, 4.69) is 17.0 Å². The van der Waals surface area contributed by atoms with Crippen LogP contribution in [0, 0.1) is 5.92 Å².